The minimum absolute atomic E-state index is 0.200. The molecule has 1 aromatic heterocycles. The number of hydrogen-bond acceptors (Lipinski definition) is 1. The first kappa shape index (κ1) is 28.4. The summed E-state index contributed by atoms with van der Waals surface area (Å²) in [6.07, 6.45) is 14.5. The van der Waals surface area contributed by atoms with Crippen LogP contribution in [0.3, 0.4) is 0 Å². The molecule has 232 valence electrons. The van der Waals surface area contributed by atoms with Gasteiger partial charge >= 0.3 is 0 Å². The lowest BCUT2D eigenvalue weighted by Gasteiger charge is -2.40. The van der Waals surface area contributed by atoms with E-state index in [9.17, 15) is 0 Å². The quantitative estimate of drug-likeness (QED) is 0.188. The van der Waals surface area contributed by atoms with Gasteiger partial charge in [-0.25, -0.2) is 0 Å². The zero-order valence-electron chi connectivity index (χ0n) is 27.4. The molecule has 1 saturated carbocycles. The molecule has 1 aliphatic heterocycles. The van der Waals surface area contributed by atoms with Crippen molar-refractivity contribution in [2.24, 2.45) is 11.3 Å². The van der Waals surface area contributed by atoms with Crippen molar-refractivity contribution in [3.63, 3.8) is 0 Å². The van der Waals surface area contributed by atoms with Crippen molar-refractivity contribution in [3.05, 3.63) is 151 Å². The van der Waals surface area contributed by atoms with Crippen molar-refractivity contribution >= 4 is 33.2 Å². The second-order valence-electron chi connectivity index (χ2n) is 14.5. The summed E-state index contributed by atoms with van der Waals surface area (Å²) in [4.78, 5) is 2.58. The standard InChI is InChI=1S/C45H42N2/c1-45(2,33-16-4-3-5-17-33)34-26-27-44-40(30-34)39-22-8-11-25-43(39)47(44)36-19-13-15-32(29-36)31-14-12-18-35(28-31)46-41-23-9-6-20-37(41)38-21-7-10-24-42(38)46/h6-15,18-30,33,40,44H,3-5,16-17H2,1-2H3. The van der Waals surface area contributed by atoms with Gasteiger partial charge < -0.3 is 9.47 Å². The zero-order chi connectivity index (χ0) is 31.5. The van der Waals surface area contributed by atoms with Gasteiger partial charge in [0, 0.05) is 33.8 Å². The molecule has 1 fully saturated rings. The Bertz CT molecular complexity index is 2130. The topological polar surface area (TPSA) is 8.17 Å². The van der Waals surface area contributed by atoms with Crippen LogP contribution < -0.4 is 4.90 Å². The summed E-state index contributed by atoms with van der Waals surface area (Å²) in [5.74, 6) is 1.13. The van der Waals surface area contributed by atoms with Crippen LogP contribution in [0.4, 0.5) is 11.4 Å². The second kappa shape index (κ2) is 11.2. The molecule has 9 rings (SSSR count). The first-order valence-electron chi connectivity index (χ1n) is 17.6. The Morgan fingerprint density at radius 2 is 1.23 bits per heavy atom. The van der Waals surface area contributed by atoms with Crippen molar-refractivity contribution in [2.75, 3.05) is 4.90 Å². The van der Waals surface area contributed by atoms with E-state index in [0.29, 0.717) is 5.92 Å². The molecular weight excluding hydrogens is 569 g/mol. The van der Waals surface area contributed by atoms with Gasteiger partial charge in [0.1, 0.15) is 0 Å². The maximum Gasteiger partial charge on any atom is 0.0629 e. The molecule has 6 aromatic rings. The molecule has 0 radical (unpaired) electrons. The fourth-order valence-corrected chi connectivity index (χ4v) is 9.00. The Balaban J connectivity index is 1.09. The SMILES string of the molecule is CC(C)(C1=CC2c3ccccc3N(c3cccc(-c4cccc(-n5c6ccccc6c6ccccc65)c4)c3)C2C=C1)C1CCCCC1. The molecule has 47 heavy (non-hydrogen) atoms. The Morgan fingerprint density at radius 1 is 0.617 bits per heavy atom. The molecular formula is C45H42N2. The number of nitrogens with zero attached hydrogens (tertiary/aromatic N) is 2. The van der Waals surface area contributed by atoms with Gasteiger partial charge in [-0.15, -0.1) is 0 Å². The summed E-state index contributed by atoms with van der Waals surface area (Å²) < 4.78 is 2.41. The number of fused-ring (bicyclic) bond motifs is 6. The van der Waals surface area contributed by atoms with Gasteiger partial charge in [-0.1, -0.05) is 130 Å². The number of allylic oxidation sites excluding steroid dienone is 2. The third-order valence-electron chi connectivity index (χ3n) is 11.6. The molecule has 2 heterocycles. The first-order valence-corrected chi connectivity index (χ1v) is 17.6. The van der Waals surface area contributed by atoms with E-state index in [1.165, 1.54) is 93.2 Å². The Kier molecular flexibility index (Phi) is 6.75. The van der Waals surface area contributed by atoms with Gasteiger partial charge in [0.2, 0.25) is 0 Å². The van der Waals surface area contributed by atoms with Crippen LogP contribution in [0.5, 0.6) is 0 Å². The van der Waals surface area contributed by atoms with Crippen molar-refractivity contribution in [3.8, 4) is 16.8 Å². The molecule has 0 amide bonds. The highest BCUT2D eigenvalue weighted by molar-refractivity contribution is 6.09. The summed E-state index contributed by atoms with van der Waals surface area (Å²) in [5, 5.41) is 2.58. The van der Waals surface area contributed by atoms with Gasteiger partial charge in [-0.05, 0) is 88.9 Å². The Morgan fingerprint density at radius 3 is 1.96 bits per heavy atom. The maximum atomic E-state index is 2.62. The van der Waals surface area contributed by atoms with Gasteiger partial charge in [-0.2, -0.15) is 0 Å². The second-order valence-corrected chi connectivity index (χ2v) is 14.5. The highest BCUT2D eigenvalue weighted by Crippen LogP contribution is 2.52. The minimum atomic E-state index is 0.200. The van der Waals surface area contributed by atoms with Crippen LogP contribution in [-0.4, -0.2) is 10.6 Å². The summed E-state index contributed by atoms with van der Waals surface area (Å²) in [5.41, 5.74) is 11.9. The fourth-order valence-electron chi connectivity index (χ4n) is 9.00. The minimum Gasteiger partial charge on any atom is -0.333 e. The molecule has 0 saturated heterocycles. The number of benzene rings is 5. The normalized spacial score (nSPS) is 19.6. The average molecular weight is 611 g/mol. The molecule has 2 nitrogen and oxygen atoms in total. The van der Waals surface area contributed by atoms with Crippen LogP contribution in [0.15, 0.2) is 145 Å². The van der Waals surface area contributed by atoms with Gasteiger partial charge in [-0.3, -0.25) is 0 Å². The summed E-state index contributed by atoms with van der Waals surface area (Å²) in [6, 6.07) is 45.1. The highest BCUT2D eigenvalue weighted by atomic mass is 15.2. The average Bonchev–Trinajstić information content (AvgIpc) is 3.65. The van der Waals surface area contributed by atoms with Crippen LogP contribution in [0.1, 0.15) is 57.4 Å². The predicted molar refractivity (Wildman–Crippen MR) is 199 cm³/mol. The van der Waals surface area contributed by atoms with Crippen LogP contribution in [0, 0.1) is 11.3 Å². The fraction of sp³-hybridized carbons (Fsp3) is 0.244. The van der Waals surface area contributed by atoms with E-state index in [1.54, 1.807) is 0 Å². The highest BCUT2D eigenvalue weighted by Gasteiger charge is 2.41. The summed E-state index contributed by atoms with van der Waals surface area (Å²) in [6.45, 7) is 4.99. The number of anilines is 2. The van der Waals surface area contributed by atoms with Crippen LogP contribution >= 0.6 is 0 Å². The first-order chi connectivity index (χ1) is 23.1. The largest absolute Gasteiger partial charge is 0.333 e. The smallest absolute Gasteiger partial charge is 0.0629 e. The van der Waals surface area contributed by atoms with Crippen LogP contribution in [-0.2, 0) is 0 Å². The van der Waals surface area contributed by atoms with Crippen molar-refractivity contribution < 1.29 is 0 Å². The van der Waals surface area contributed by atoms with Gasteiger partial charge in [0.25, 0.3) is 0 Å². The Hall–Kier alpha value is -4.82. The van der Waals surface area contributed by atoms with E-state index >= 15 is 0 Å². The number of para-hydroxylation sites is 3. The van der Waals surface area contributed by atoms with E-state index in [4.69, 9.17) is 0 Å². The van der Waals surface area contributed by atoms with E-state index in [-0.39, 0.29) is 11.5 Å². The number of aromatic nitrogens is 1. The molecule has 0 N–H and O–H groups in total. The van der Waals surface area contributed by atoms with Crippen LogP contribution in [0.2, 0.25) is 0 Å². The molecule has 5 aromatic carbocycles. The molecule has 2 heteroatoms. The third kappa shape index (κ3) is 4.60. The van der Waals surface area contributed by atoms with Crippen LogP contribution in [0.25, 0.3) is 38.6 Å². The third-order valence-corrected chi connectivity index (χ3v) is 11.6. The number of hydrogen-bond donors (Lipinski definition) is 0. The number of rotatable bonds is 5. The van der Waals surface area contributed by atoms with E-state index in [1.807, 2.05) is 0 Å². The van der Waals surface area contributed by atoms with Gasteiger partial charge in [0.05, 0.1) is 17.1 Å². The van der Waals surface area contributed by atoms with E-state index < -0.39 is 0 Å². The van der Waals surface area contributed by atoms with Gasteiger partial charge in [0.15, 0.2) is 0 Å². The molecule has 0 spiro atoms. The lowest BCUT2D eigenvalue weighted by molar-refractivity contribution is 0.200. The van der Waals surface area contributed by atoms with E-state index in [0.717, 1.165) is 5.92 Å². The lowest BCUT2D eigenvalue weighted by atomic mass is 9.65. The Labute approximate surface area is 278 Å². The molecule has 2 atom stereocenters. The van der Waals surface area contributed by atoms with Crippen molar-refractivity contribution in [2.45, 2.75) is 57.9 Å². The molecule has 0 bridgehead atoms. The molecule has 2 aliphatic carbocycles. The lowest BCUT2D eigenvalue weighted by Crippen LogP contribution is -2.33. The molecule has 3 aliphatic rings. The monoisotopic (exact) mass is 610 g/mol. The van der Waals surface area contributed by atoms with E-state index in [2.05, 4.69) is 163 Å². The predicted octanol–water partition coefficient (Wildman–Crippen LogP) is 12.2. The molecule has 2 unspecified atom stereocenters. The van der Waals surface area contributed by atoms with Crippen molar-refractivity contribution in [1.82, 2.24) is 4.57 Å². The maximum absolute atomic E-state index is 2.62. The zero-order valence-corrected chi connectivity index (χ0v) is 27.4. The summed E-state index contributed by atoms with van der Waals surface area (Å²) in [7, 11) is 0. The van der Waals surface area contributed by atoms with Crippen molar-refractivity contribution in [1.29, 1.82) is 0 Å². The summed E-state index contributed by atoms with van der Waals surface area (Å²) >= 11 is 0.